The van der Waals surface area contributed by atoms with E-state index in [0.717, 1.165) is 56.9 Å². The molecule has 2 aliphatic carbocycles. The van der Waals surface area contributed by atoms with Crippen LogP contribution in [0.5, 0.6) is 5.75 Å². The van der Waals surface area contributed by atoms with Crippen molar-refractivity contribution in [2.24, 2.45) is 0 Å². The first-order chi connectivity index (χ1) is 16.0. The van der Waals surface area contributed by atoms with Crippen LogP contribution in [0, 0.1) is 17.5 Å². The summed E-state index contributed by atoms with van der Waals surface area (Å²) in [6, 6.07) is 8.80. The van der Waals surface area contributed by atoms with Gasteiger partial charge in [0.15, 0.2) is 23.2 Å². The first-order valence-corrected chi connectivity index (χ1v) is 12.5. The zero-order valence-electron chi connectivity index (χ0n) is 19.7. The van der Waals surface area contributed by atoms with Crippen molar-refractivity contribution in [2.75, 3.05) is 13.2 Å². The van der Waals surface area contributed by atoms with E-state index in [1.165, 1.54) is 0 Å². The SMILES string of the molecule is CCOc1ccc(C2CCC(c3ccc(C4CCC(OCC)CC4)c(F)c3F)CC2)cc1F. The molecule has 2 fully saturated rings. The molecule has 2 aromatic rings. The Morgan fingerprint density at radius 2 is 1.24 bits per heavy atom. The molecule has 0 radical (unpaired) electrons. The minimum atomic E-state index is -0.671. The molecule has 0 spiro atoms. The number of hydrogen-bond acceptors (Lipinski definition) is 2. The first-order valence-electron chi connectivity index (χ1n) is 12.5. The summed E-state index contributed by atoms with van der Waals surface area (Å²) >= 11 is 0. The maximum atomic E-state index is 15.1. The normalized spacial score (nSPS) is 25.7. The third-order valence-corrected chi connectivity index (χ3v) is 7.55. The van der Waals surface area contributed by atoms with Crippen LogP contribution in [0.3, 0.4) is 0 Å². The molecule has 0 saturated heterocycles. The van der Waals surface area contributed by atoms with E-state index in [-0.39, 0.29) is 35.4 Å². The lowest BCUT2D eigenvalue weighted by atomic mass is 9.75. The minimum absolute atomic E-state index is 0.00559. The Morgan fingerprint density at radius 3 is 1.76 bits per heavy atom. The number of ether oxygens (including phenoxy) is 2. The highest BCUT2D eigenvalue weighted by Crippen LogP contribution is 2.43. The molecule has 0 heterocycles. The van der Waals surface area contributed by atoms with Crippen LogP contribution < -0.4 is 4.74 Å². The van der Waals surface area contributed by atoms with Gasteiger partial charge in [-0.05, 0) is 112 Å². The summed E-state index contributed by atoms with van der Waals surface area (Å²) in [5, 5.41) is 0. The Labute approximate surface area is 195 Å². The molecule has 0 aromatic heterocycles. The summed E-state index contributed by atoms with van der Waals surface area (Å²) in [4.78, 5) is 0. The Balaban J connectivity index is 1.40. The molecule has 0 N–H and O–H groups in total. The monoisotopic (exact) mass is 460 g/mol. The number of halogens is 3. The van der Waals surface area contributed by atoms with Gasteiger partial charge in [-0.15, -0.1) is 0 Å². The number of hydrogen-bond donors (Lipinski definition) is 0. The van der Waals surface area contributed by atoms with Gasteiger partial charge in [-0.2, -0.15) is 0 Å². The van der Waals surface area contributed by atoms with E-state index < -0.39 is 11.6 Å². The van der Waals surface area contributed by atoms with Crippen LogP contribution in [0.15, 0.2) is 30.3 Å². The minimum Gasteiger partial charge on any atom is -0.491 e. The van der Waals surface area contributed by atoms with Gasteiger partial charge in [0, 0.05) is 6.61 Å². The summed E-state index contributed by atoms with van der Waals surface area (Å²) < 4.78 is 55.4. The number of benzene rings is 2. The highest BCUT2D eigenvalue weighted by atomic mass is 19.2. The van der Waals surface area contributed by atoms with Gasteiger partial charge in [0.1, 0.15) is 0 Å². The molecule has 0 aliphatic heterocycles. The second kappa shape index (κ2) is 10.9. The average molecular weight is 461 g/mol. The maximum absolute atomic E-state index is 15.1. The molecule has 0 amide bonds. The van der Waals surface area contributed by atoms with Crippen molar-refractivity contribution in [2.45, 2.75) is 89.1 Å². The first kappa shape index (κ1) is 24.1. The Morgan fingerprint density at radius 1 is 0.697 bits per heavy atom. The highest BCUT2D eigenvalue weighted by molar-refractivity contribution is 5.34. The fraction of sp³-hybridized carbons (Fsp3) is 0.571. The van der Waals surface area contributed by atoms with Gasteiger partial charge in [0.05, 0.1) is 12.7 Å². The summed E-state index contributed by atoms with van der Waals surface area (Å²) in [7, 11) is 0. The van der Waals surface area contributed by atoms with E-state index in [4.69, 9.17) is 9.47 Å². The van der Waals surface area contributed by atoms with Crippen LogP contribution in [0.25, 0.3) is 0 Å². The molecule has 33 heavy (non-hydrogen) atoms. The molecule has 2 saturated carbocycles. The summed E-state index contributed by atoms with van der Waals surface area (Å²) in [5.74, 6) is -1.09. The third kappa shape index (κ3) is 5.40. The molecular weight excluding hydrogens is 425 g/mol. The van der Waals surface area contributed by atoms with Crippen molar-refractivity contribution in [3.05, 3.63) is 64.5 Å². The van der Waals surface area contributed by atoms with Crippen LogP contribution in [0.2, 0.25) is 0 Å². The fourth-order valence-electron chi connectivity index (χ4n) is 5.77. The van der Waals surface area contributed by atoms with Crippen LogP contribution in [-0.2, 0) is 4.74 Å². The lowest BCUT2D eigenvalue weighted by Crippen LogP contribution is -2.21. The van der Waals surface area contributed by atoms with E-state index in [1.54, 1.807) is 12.1 Å². The predicted octanol–water partition coefficient (Wildman–Crippen LogP) is 8.01. The van der Waals surface area contributed by atoms with E-state index in [2.05, 4.69) is 0 Å². The Hall–Kier alpha value is -2.01. The zero-order valence-corrected chi connectivity index (χ0v) is 19.7. The molecular formula is C28H35F3O2. The van der Waals surface area contributed by atoms with Gasteiger partial charge in [-0.1, -0.05) is 18.2 Å². The standard InChI is InChI=1S/C28H35F3O2/c1-3-32-22-12-9-20(10-13-22)24-15-14-23(27(30)28(24)31)19-7-5-18(6-8-19)21-11-16-26(33-4-2)25(29)17-21/h11,14-20,22H,3-10,12-13H2,1-2H3. The Kier molecular flexibility index (Phi) is 8.00. The molecule has 0 atom stereocenters. The van der Waals surface area contributed by atoms with Crippen LogP contribution in [0.4, 0.5) is 13.2 Å². The van der Waals surface area contributed by atoms with Gasteiger partial charge in [-0.25, -0.2) is 13.2 Å². The molecule has 180 valence electrons. The smallest absolute Gasteiger partial charge is 0.165 e. The predicted molar refractivity (Wildman–Crippen MR) is 125 cm³/mol. The number of rotatable bonds is 7. The van der Waals surface area contributed by atoms with E-state index >= 15 is 8.78 Å². The third-order valence-electron chi connectivity index (χ3n) is 7.55. The fourth-order valence-corrected chi connectivity index (χ4v) is 5.77. The van der Waals surface area contributed by atoms with Crippen molar-refractivity contribution >= 4 is 0 Å². The van der Waals surface area contributed by atoms with Gasteiger partial charge in [-0.3, -0.25) is 0 Å². The topological polar surface area (TPSA) is 18.5 Å². The van der Waals surface area contributed by atoms with E-state index in [9.17, 15) is 4.39 Å². The Bertz CT molecular complexity index is 929. The lowest BCUT2D eigenvalue weighted by Gasteiger charge is -2.31. The van der Waals surface area contributed by atoms with Crippen molar-refractivity contribution < 1.29 is 22.6 Å². The zero-order chi connectivity index (χ0) is 23.4. The highest BCUT2D eigenvalue weighted by Gasteiger charge is 2.30. The van der Waals surface area contributed by atoms with Crippen molar-refractivity contribution in [1.82, 2.24) is 0 Å². The molecule has 2 aromatic carbocycles. The van der Waals surface area contributed by atoms with Crippen molar-refractivity contribution in [3.8, 4) is 5.75 Å². The van der Waals surface area contributed by atoms with E-state index in [0.29, 0.717) is 24.3 Å². The van der Waals surface area contributed by atoms with Crippen LogP contribution >= 0.6 is 0 Å². The largest absolute Gasteiger partial charge is 0.491 e. The van der Waals surface area contributed by atoms with E-state index in [1.807, 2.05) is 32.0 Å². The van der Waals surface area contributed by atoms with Crippen molar-refractivity contribution in [3.63, 3.8) is 0 Å². The van der Waals surface area contributed by atoms with Crippen LogP contribution in [0.1, 0.15) is 99.7 Å². The quantitative estimate of drug-likeness (QED) is 0.417. The molecule has 0 unspecified atom stereocenters. The van der Waals surface area contributed by atoms with Gasteiger partial charge in [0.2, 0.25) is 0 Å². The second-order valence-electron chi connectivity index (χ2n) is 9.47. The average Bonchev–Trinajstić information content (AvgIpc) is 2.83. The maximum Gasteiger partial charge on any atom is 0.165 e. The van der Waals surface area contributed by atoms with Crippen molar-refractivity contribution in [1.29, 1.82) is 0 Å². The molecule has 2 nitrogen and oxygen atoms in total. The van der Waals surface area contributed by atoms with Gasteiger partial charge >= 0.3 is 0 Å². The summed E-state index contributed by atoms with van der Waals surface area (Å²) in [6.45, 7) is 4.94. The van der Waals surface area contributed by atoms with Gasteiger partial charge in [0.25, 0.3) is 0 Å². The summed E-state index contributed by atoms with van der Waals surface area (Å²) in [6.07, 6.45) is 6.94. The van der Waals surface area contributed by atoms with Crippen LogP contribution in [-0.4, -0.2) is 19.3 Å². The molecule has 5 heteroatoms. The molecule has 0 bridgehead atoms. The van der Waals surface area contributed by atoms with Gasteiger partial charge < -0.3 is 9.47 Å². The molecule has 4 rings (SSSR count). The lowest BCUT2D eigenvalue weighted by molar-refractivity contribution is 0.0325. The second-order valence-corrected chi connectivity index (χ2v) is 9.47. The molecule has 2 aliphatic rings. The summed E-state index contributed by atoms with van der Waals surface area (Å²) in [5.41, 5.74) is 1.97.